The fourth-order valence-corrected chi connectivity index (χ4v) is 2.74. The zero-order chi connectivity index (χ0) is 14.5. The van der Waals surface area contributed by atoms with Crippen molar-refractivity contribution < 1.29 is 4.92 Å². The summed E-state index contributed by atoms with van der Waals surface area (Å²) >= 11 is 5.26. The molecule has 1 saturated carbocycles. The minimum absolute atomic E-state index is 0.0595. The van der Waals surface area contributed by atoms with Gasteiger partial charge in [-0.2, -0.15) is 0 Å². The Kier molecular flexibility index (Phi) is 4.89. The maximum atomic E-state index is 10.7. The first-order chi connectivity index (χ1) is 9.54. The zero-order valence-corrected chi connectivity index (χ0v) is 12.3. The van der Waals surface area contributed by atoms with Gasteiger partial charge in [-0.05, 0) is 49.9 Å². The molecule has 0 saturated heterocycles. The Morgan fingerprint density at radius 1 is 1.35 bits per heavy atom. The van der Waals surface area contributed by atoms with Crippen molar-refractivity contribution in [2.24, 2.45) is 5.92 Å². The number of benzene rings is 1. The number of hydrogen-bond acceptors (Lipinski definition) is 3. The molecular formula is C14H19N3O2S. The first-order valence-corrected chi connectivity index (χ1v) is 7.27. The van der Waals surface area contributed by atoms with E-state index in [1.165, 1.54) is 25.0 Å². The lowest BCUT2D eigenvalue weighted by atomic mass is 9.87. The number of thiocarbonyl (C=S) groups is 1. The number of nitro groups is 1. The van der Waals surface area contributed by atoms with E-state index >= 15 is 0 Å². The highest BCUT2D eigenvalue weighted by molar-refractivity contribution is 7.80. The summed E-state index contributed by atoms with van der Waals surface area (Å²) in [6.07, 6.45) is 4.68. The molecule has 1 aromatic carbocycles. The minimum Gasteiger partial charge on any atom is -0.360 e. The Labute approximate surface area is 123 Å². The summed E-state index contributed by atoms with van der Waals surface area (Å²) in [4.78, 5) is 10.3. The molecule has 0 spiro atoms. The number of rotatable bonds is 3. The van der Waals surface area contributed by atoms with Gasteiger partial charge in [0.05, 0.1) is 4.92 Å². The van der Waals surface area contributed by atoms with Crippen LogP contribution in [0.1, 0.15) is 32.6 Å². The number of non-ortho nitro benzene ring substituents is 1. The fraction of sp³-hybridized carbons (Fsp3) is 0.500. The van der Waals surface area contributed by atoms with Gasteiger partial charge in [0.1, 0.15) is 0 Å². The van der Waals surface area contributed by atoms with E-state index in [0.717, 1.165) is 18.8 Å². The largest absolute Gasteiger partial charge is 0.360 e. The van der Waals surface area contributed by atoms with Crippen molar-refractivity contribution in [3.63, 3.8) is 0 Å². The lowest BCUT2D eigenvalue weighted by Gasteiger charge is -2.28. The predicted octanol–water partition coefficient (Wildman–Crippen LogP) is 3.46. The molecule has 1 aliphatic carbocycles. The molecule has 0 atom stereocenters. The van der Waals surface area contributed by atoms with Gasteiger partial charge in [-0.3, -0.25) is 10.1 Å². The van der Waals surface area contributed by atoms with E-state index in [2.05, 4.69) is 17.6 Å². The van der Waals surface area contributed by atoms with E-state index < -0.39 is 4.92 Å². The van der Waals surface area contributed by atoms with Crippen LogP contribution in [-0.4, -0.2) is 16.1 Å². The van der Waals surface area contributed by atoms with Crippen LogP contribution in [0.3, 0.4) is 0 Å². The number of nitrogens with zero attached hydrogens (tertiary/aromatic N) is 1. The highest BCUT2D eigenvalue weighted by atomic mass is 32.1. The van der Waals surface area contributed by atoms with E-state index in [1.54, 1.807) is 12.1 Å². The Hall–Kier alpha value is -1.69. The van der Waals surface area contributed by atoms with Gasteiger partial charge in [-0.15, -0.1) is 0 Å². The summed E-state index contributed by atoms with van der Waals surface area (Å²) < 4.78 is 0. The van der Waals surface area contributed by atoms with Gasteiger partial charge < -0.3 is 10.6 Å². The number of hydrogen-bond donors (Lipinski definition) is 2. The lowest BCUT2D eigenvalue weighted by molar-refractivity contribution is -0.384. The highest BCUT2D eigenvalue weighted by Crippen LogP contribution is 2.23. The van der Waals surface area contributed by atoms with Gasteiger partial charge in [-0.25, -0.2) is 0 Å². The topological polar surface area (TPSA) is 67.2 Å². The summed E-state index contributed by atoms with van der Waals surface area (Å²) in [6.45, 7) is 2.27. The third-order valence-electron chi connectivity index (χ3n) is 3.67. The minimum atomic E-state index is -0.413. The molecule has 0 aliphatic heterocycles. The molecule has 0 bridgehead atoms. The third kappa shape index (κ3) is 4.16. The van der Waals surface area contributed by atoms with Gasteiger partial charge in [0.25, 0.3) is 5.69 Å². The van der Waals surface area contributed by atoms with E-state index in [0.29, 0.717) is 16.8 Å². The molecule has 20 heavy (non-hydrogen) atoms. The van der Waals surface area contributed by atoms with Crippen LogP contribution in [0.15, 0.2) is 24.3 Å². The highest BCUT2D eigenvalue weighted by Gasteiger charge is 2.18. The Morgan fingerprint density at radius 2 is 2.05 bits per heavy atom. The maximum absolute atomic E-state index is 10.7. The first-order valence-electron chi connectivity index (χ1n) is 6.86. The molecule has 0 unspecified atom stereocenters. The second-order valence-electron chi connectivity index (χ2n) is 5.36. The van der Waals surface area contributed by atoms with Crippen molar-refractivity contribution in [1.82, 2.24) is 5.32 Å². The van der Waals surface area contributed by atoms with E-state index in [4.69, 9.17) is 12.2 Å². The zero-order valence-electron chi connectivity index (χ0n) is 11.5. The van der Waals surface area contributed by atoms with Crippen molar-refractivity contribution in [3.05, 3.63) is 34.4 Å². The van der Waals surface area contributed by atoms with E-state index in [-0.39, 0.29) is 5.69 Å². The van der Waals surface area contributed by atoms with Crippen LogP contribution >= 0.6 is 12.2 Å². The summed E-state index contributed by atoms with van der Waals surface area (Å²) in [7, 11) is 0. The molecule has 2 rings (SSSR count). The van der Waals surface area contributed by atoms with Crippen molar-refractivity contribution in [2.45, 2.75) is 38.6 Å². The molecule has 108 valence electrons. The van der Waals surface area contributed by atoms with Crippen LogP contribution in [0.2, 0.25) is 0 Å². The molecule has 1 fully saturated rings. The van der Waals surface area contributed by atoms with Gasteiger partial charge in [0.15, 0.2) is 5.11 Å². The standard InChI is InChI=1S/C14H19N3O2S/c1-10-5-7-11(8-6-10)15-14(20)16-12-3-2-4-13(9-12)17(18)19/h2-4,9-11H,5-8H2,1H3,(H2,15,16,20). The second kappa shape index (κ2) is 6.65. The monoisotopic (exact) mass is 293 g/mol. The molecule has 0 aromatic heterocycles. The normalized spacial score (nSPS) is 22.1. The Balaban J connectivity index is 1.88. The Bertz CT molecular complexity index is 499. The SMILES string of the molecule is CC1CCC(NC(=S)Nc2cccc([N+](=O)[O-])c2)CC1. The van der Waals surface area contributed by atoms with E-state index in [1.807, 2.05) is 0 Å². The first kappa shape index (κ1) is 14.7. The molecule has 0 heterocycles. The van der Waals surface area contributed by atoms with Crippen LogP contribution in [0.4, 0.5) is 11.4 Å². The average molecular weight is 293 g/mol. The summed E-state index contributed by atoms with van der Waals surface area (Å²) in [6, 6.07) is 6.76. The summed E-state index contributed by atoms with van der Waals surface area (Å²) in [5, 5.41) is 17.5. The molecule has 1 aromatic rings. The molecule has 1 aliphatic rings. The lowest BCUT2D eigenvalue weighted by Crippen LogP contribution is -2.39. The van der Waals surface area contributed by atoms with Crippen LogP contribution in [0, 0.1) is 16.0 Å². The van der Waals surface area contributed by atoms with Gasteiger partial charge in [-0.1, -0.05) is 13.0 Å². The molecular weight excluding hydrogens is 274 g/mol. The molecule has 0 radical (unpaired) electrons. The molecule has 5 nitrogen and oxygen atoms in total. The number of nitrogens with one attached hydrogen (secondary N) is 2. The maximum Gasteiger partial charge on any atom is 0.271 e. The van der Waals surface area contributed by atoms with Gasteiger partial charge in [0.2, 0.25) is 0 Å². The molecule has 2 N–H and O–H groups in total. The predicted molar refractivity (Wildman–Crippen MR) is 83.9 cm³/mol. The Morgan fingerprint density at radius 3 is 2.70 bits per heavy atom. The van der Waals surface area contributed by atoms with Crippen molar-refractivity contribution >= 4 is 28.7 Å². The van der Waals surface area contributed by atoms with Crippen molar-refractivity contribution in [1.29, 1.82) is 0 Å². The van der Waals surface area contributed by atoms with Gasteiger partial charge in [0, 0.05) is 23.9 Å². The van der Waals surface area contributed by atoms with Gasteiger partial charge >= 0.3 is 0 Å². The van der Waals surface area contributed by atoms with E-state index in [9.17, 15) is 10.1 Å². The summed E-state index contributed by atoms with van der Waals surface area (Å²) in [5.41, 5.74) is 0.699. The quantitative estimate of drug-likeness (QED) is 0.507. The number of anilines is 1. The van der Waals surface area contributed by atoms with Crippen LogP contribution in [-0.2, 0) is 0 Å². The van der Waals surface area contributed by atoms with Crippen molar-refractivity contribution in [2.75, 3.05) is 5.32 Å². The van der Waals surface area contributed by atoms with Crippen LogP contribution in [0.25, 0.3) is 0 Å². The van der Waals surface area contributed by atoms with Crippen LogP contribution in [0.5, 0.6) is 0 Å². The van der Waals surface area contributed by atoms with Crippen LogP contribution < -0.4 is 10.6 Å². The molecule has 6 heteroatoms. The smallest absolute Gasteiger partial charge is 0.271 e. The van der Waals surface area contributed by atoms with Crippen molar-refractivity contribution in [3.8, 4) is 0 Å². The average Bonchev–Trinajstić information content (AvgIpc) is 2.41. The third-order valence-corrected chi connectivity index (χ3v) is 3.89. The second-order valence-corrected chi connectivity index (χ2v) is 5.77. The summed E-state index contributed by atoms with van der Waals surface area (Å²) in [5.74, 6) is 0.798. The fourth-order valence-electron chi connectivity index (χ4n) is 2.45. The number of nitro benzene ring substituents is 1. The molecule has 0 amide bonds.